The van der Waals surface area contributed by atoms with Crippen LogP contribution < -0.4 is 4.90 Å². The highest BCUT2D eigenvalue weighted by Crippen LogP contribution is 2.15. The maximum atomic E-state index is 10.9. The number of piperazine rings is 1. The number of quaternary nitrogens is 1. The van der Waals surface area contributed by atoms with Crippen LogP contribution in [0.1, 0.15) is 18.1 Å². The van der Waals surface area contributed by atoms with E-state index in [0.717, 1.165) is 49.0 Å². The molecule has 0 amide bonds. The summed E-state index contributed by atoms with van der Waals surface area (Å²) >= 11 is 6.25. The van der Waals surface area contributed by atoms with Gasteiger partial charge in [-0.15, -0.1) is 0 Å². The highest BCUT2D eigenvalue weighted by atomic mass is 35.5. The molecular weight excluding hydrogens is 352 g/mol. The summed E-state index contributed by atoms with van der Waals surface area (Å²) in [7, 11) is 0. The number of nitro groups is 1. The van der Waals surface area contributed by atoms with Crippen molar-refractivity contribution in [3.05, 3.63) is 74.8 Å². The van der Waals surface area contributed by atoms with Crippen molar-refractivity contribution in [2.24, 2.45) is 5.10 Å². The fourth-order valence-corrected chi connectivity index (χ4v) is 3.32. The molecule has 6 nitrogen and oxygen atoms in total. The van der Waals surface area contributed by atoms with Crippen LogP contribution in [-0.4, -0.2) is 41.8 Å². The van der Waals surface area contributed by atoms with E-state index in [2.05, 4.69) is 11.2 Å². The number of hydrogen-bond donors (Lipinski definition) is 1. The second-order valence-corrected chi connectivity index (χ2v) is 6.87. The molecule has 3 rings (SSSR count). The Kier molecular flexibility index (Phi) is 5.85. The van der Waals surface area contributed by atoms with Gasteiger partial charge >= 0.3 is 0 Å². The van der Waals surface area contributed by atoms with E-state index in [1.165, 1.54) is 16.5 Å². The predicted octanol–water partition coefficient (Wildman–Crippen LogP) is 2.37. The first-order valence-corrected chi connectivity index (χ1v) is 9.02. The molecule has 0 aliphatic carbocycles. The molecule has 1 heterocycles. The largest absolute Gasteiger partial charge is 0.328 e. The molecule has 1 N–H and O–H groups in total. The number of benzene rings is 2. The molecule has 2 aromatic carbocycles. The van der Waals surface area contributed by atoms with Gasteiger partial charge in [-0.25, -0.2) is 0 Å². The standard InChI is InChI=1S/C19H21ClN4O2/c1-15(16-6-4-7-18(13-16)24(25)26)21-23-11-9-22(10-12-23)14-17-5-2-3-8-19(17)20/h2-8,13H,9-12,14H2,1H3/p+1/b21-15+. The molecule has 1 saturated heterocycles. The maximum Gasteiger partial charge on any atom is 0.270 e. The average molecular weight is 374 g/mol. The monoisotopic (exact) mass is 373 g/mol. The van der Waals surface area contributed by atoms with Crippen LogP contribution in [0.15, 0.2) is 53.6 Å². The summed E-state index contributed by atoms with van der Waals surface area (Å²) in [5.41, 5.74) is 2.84. The van der Waals surface area contributed by atoms with Crippen molar-refractivity contribution in [2.45, 2.75) is 13.5 Å². The second-order valence-electron chi connectivity index (χ2n) is 6.46. The smallest absolute Gasteiger partial charge is 0.270 e. The molecule has 0 unspecified atom stereocenters. The normalized spacial score (nSPS) is 15.9. The first-order chi connectivity index (χ1) is 12.5. The number of non-ortho nitro benzene ring substituents is 1. The third kappa shape index (κ3) is 4.59. The van der Waals surface area contributed by atoms with Gasteiger partial charge in [-0.3, -0.25) is 15.1 Å². The zero-order chi connectivity index (χ0) is 18.5. The van der Waals surface area contributed by atoms with E-state index in [4.69, 9.17) is 11.6 Å². The number of hydrogen-bond acceptors (Lipinski definition) is 4. The van der Waals surface area contributed by atoms with Gasteiger partial charge in [-0.1, -0.05) is 41.9 Å². The van der Waals surface area contributed by atoms with Crippen LogP contribution in [0.4, 0.5) is 5.69 Å². The van der Waals surface area contributed by atoms with Crippen molar-refractivity contribution in [3.63, 3.8) is 0 Å². The van der Waals surface area contributed by atoms with Crippen molar-refractivity contribution < 1.29 is 9.82 Å². The molecule has 7 heteroatoms. The van der Waals surface area contributed by atoms with E-state index < -0.39 is 0 Å². The van der Waals surface area contributed by atoms with Gasteiger partial charge in [0, 0.05) is 28.3 Å². The zero-order valence-electron chi connectivity index (χ0n) is 14.7. The predicted molar refractivity (Wildman–Crippen MR) is 103 cm³/mol. The molecule has 0 bridgehead atoms. The Balaban J connectivity index is 1.59. The molecule has 0 saturated carbocycles. The molecule has 0 spiro atoms. The maximum absolute atomic E-state index is 10.9. The lowest BCUT2D eigenvalue weighted by atomic mass is 10.1. The molecule has 0 radical (unpaired) electrons. The molecular formula is C19H22ClN4O2+. The average Bonchev–Trinajstić information content (AvgIpc) is 2.65. The Bertz CT molecular complexity index is 817. The van der Waals surface area contributed by atoms with E-state index in [0.29, 0.717) is 0 Å². The van der Waals surface area contributed by atoms with E-state index in [1.807, 2.05) is 36.2 Å². The Morgan fingerprint density at radius 1 is 1.23 bits per heavy atom. The molecule has 2 aromatic rings. The Labute approximate surface area is 157 Å². The fourth-order valence-electron chi connectivity index (χ4n) is 3.11. The van der Waals surface area contributed by atoms with Gasteiger partial charge in [0.05, 0.1) is 36.8 Å². The van der Waals surface area contributed by atoms with Gasteiger partial charge < -0.3 is 4.90 Å². The first kappa shape index (κ1) is 18.4. The highest BCUT2D eigenvalue weighted by Gasteiger charge is 2.20. The summed E-state index contributed by atoms with van der Waals surface area (Å²) in [4.78, 5) is 12.0. The summed E-state index contributed by atoms with van der Waals surface area (Å²) in [5, 5.41) is 18.4. The molecule has 1 aliphatic rings. The molecule has 26 heavy (non-hydrogen) atoms. The van der Waals surface area contributed by atoms with Crippen LogP contribution in [0.2, 0.25) is 5.02 Å². The molecule has 0 atom stereocenters. The molecule has 1 aliphatic heterocycles. The summed E-state index contributed by atoms with van der Waals surface area (Å²) in [6.45, 7) is 6.48. The quantitative estimate of drug-likeness (QED) is 0.497. The topological polar surface area (TPSA) is 63.2 Å². The van der Waals surface area contributed by atoms with Crippen molar-refractivity contribution in [2.75, 3.05) is 26.2 Å². The molecule has 1 fully saturated rings. The van der Waals surface area contributed by atoms with Gasteiger partial charge in [-0.05, 0) is 13.0 Å². The van der Waals surface area contributed by atoms with Crippen molar-refractivity contribution in [1.29, 1.82) is 0 Å². The fraction of sp³-hybridized carbons (Fsp3) is 0.316. The van der Waals surface area contributed by atoms with Gasteiger partial charge in [0.2, 0.25) is 0 Å². The van der Waals surface area contributed by atoms with Crippen molar-refractivity contribution >= 4 is 23.0 Å². The summed E-state index contributed by atoms with van der Waals surface area (Å²) in [6, 6.07) is 14.6. The number of rotatable bonds is 5. The Hall–Kier alpha value is -2.44. The van der Waals surface area contributed by atoms with Gasteiger partial charge in [0.1, 0.15) is 6.54 Å². The minimum atomic E-state index is -0.381. The zero-order valence-corrected chi connectivity index (χ0v) is 15.4. The van der Waals surface area contributed by atoms with Gasteiger partial charge in [-0.2, -0.15) is 5.10 Å². The number of hydrazone groups is 1. The second kappa shape index (κ2) is 8.29. The van der Waals surface area contributed by atoms with Crippen LogP contribution in [0, 0.1) is 10.1 Å². The van der Waals surface area contributed by atoms with Gasteiger partial charge in [0.15, 0.2) is 0 Å². The van der Waals surface area contributed by atoms with Crippen LogP contribution in [0.5, 0.6) is 0 Å². The SMILES string of the molecule is C/C(=N\N1CC[NH+](Cc2ccccc2Cl)CC1)c1cccc([N+](=O)[O-])c1. The Morgan fingerprint density at radius 2 is 1.96 bits per heavy atom. The van der Waals surface area contributed by atoms with Gasteiger partial charge in [0.25, 0.3) is 5.69 Å². The van der Waals surface area contributed by atoms with E-state index in [-0.39, 0.29) is 10.6 Å². The third-order valence-corrected chi connectivity index (χ3v) is 4.98. The lowest BCUT2D eigenvalue weighted by molar-refractivity contribution is -0.918. The van der Waals surface area contributed by atoms with E-state index in [9.17, 15) is 10.1 Å². The lowest BCUT2D eigenvalue weighted by Crippen LogP contribution is -3.13. The minimum Gasteiger partial charge on any atom is -0.328 e. The molecule has 136 valence electrons. The van der Waals surface area contributed by atoms with Crippen LogP contribution in [-0.2, 0) is 6.54 Å². The summed E-state index contributed by atoms with van der Waals surface area (Å²) in [6.07, 6.45) is 0. The van der Waals surface area contributed by atoms with E-state index in [1.54, 1.807) is 12.1 Å². The first-order valence-electron chi connectivity index (χ1n) is 8.65. The highest BCUT2D eigenvalue weighted by molar-refractivity contribution is 6.31. The molecule has 0 aromatic heterocycles. The minimum absolute atomic E-state index is 0.0889. The number of nitrogens with one attached hydrogen (secondary N) is 1. The Morgan fingerprint density at radius 3 is 2.65 bits per heavy atom. The summed E-state index contributed by atoms with van der Waals surface area (Å²) in [5.74, 6) is 0. The van der Waals surface area contributed by atoms with E-state index >= 15 is 0 Å². The van der Waals surface area contributed by atoms with Crippen molar-refractivity contribution in [1.82, 2.24) is 5.01 Å². The number of nitro benzene ring substituents is 1. The summed E-state index contributed by atoms with van der Waals surface area (Å²) < 4.78 is 0. The van der Waals surface area contributed by atoms with Crippen LogP contribution in [0.3, 0.4) is 0 Å². The third-order valence-electron chi connectivity index (χ3n) is 4.61. The van der Waals surface area contributed by atoms with Crippen molar-refractivity contribution in [3.8, 4) is 0 Å². The van der Waals surface area contributed by atoms with Crippen LogP contribution in [0.25, 0.3) is 0 Å². The lowest BCUT2D eigenvalue weighted by Gasteiger charge is -2.31. The number of nitrogens with zero attached hydrogens (tertiary/aromatic N) is 3. The number of halogens is 1. The van der Waals surface area contributed by atoms with Crippen LogP contribution >= 0.6 is 11.6 Å².